The Labute approximate surface area is 257 Å². The Morgan fingerprint density at radius 3 is 2.20 bits per heavy atom. The number of rotatable bonds is 5. The first-order valence-corrected chi connectivity index (χ1v) is 16.7. The molecule has 3 aromatic carbocycles. The Morgan fingerprint density at radius 1 is 0.902 bits per heavy atom. The molecule has 7 nitrogen and oxygen atoms in total. The lowest BCUT2D eigenvalue weighted by Gasteiger charge is -2.30. The van der Waals surface area contributed by atoms with E-state index in [1.54, 1.807) is 17.1 Å². The first-order valence-electron chi connectivity index (χ1n) is 13.6. The van der Waals surface area contributed by atoms with Crippen LogP contribution < -0.4 is 0 Å². The summed E-state index contributed by atoms with van der Waals surface area (Å²) in [5.74, 6) is -0.185. The molecule has 2 atom stereocenters. The van der Waals surface area contributed by atoms with Crippen LogP contribution in [0, 0.1) is 5.92 Å². The van der Waals surface area contributed by atoms with Crippen LogP contribution in [0.25, 0.3) is 6.08 Å². The summed E-state index contributed by atoms with van der Waals surface area (Å²) in [6.07, 6.45) is 5.01. The number of carbonyl (C=O) groups is 1. The Balaban J connectivity index is 1.34. The number of morpholine rings is 1. The number of nitrogens with zero attached hydrogens (tertiary/aromatic N) is 3. The quantitative estimate of drug-likeness (QED) is 0.298. The van der Waals surface area contributed by atoms with Crippen LogP contribution in [0.15, 0.2) is 97.3 Å². The van der Waals surface area contributed by atoms with Gasteiger partial charge in [0.2, 0.25) is 10.0 Å². The zero-order valence-electron chi connectivity index (χ0n) is 22.2. The molecule has 0 bridgehead atoms. The molecule has 212 valence electrons. The molecule has 0 radical (unpaired) electrons. The van der Waals surface area contributed by atoms with Crippen molar-refractivity contribution in [3.63, 3.8) is 0 Å². The van der Waals surface area contributed by atoms with Crippen LogP contribution in [0.1, 0.15) is 46.8 Å². The SMILES string of the molecule is O=C(c1ccc(S(=O)(=O)N2CCOCC2)cc1)N1N=C2/C(=C/c3ccc(Br)cc3)CCC[C@@H]2[C@H]1c1ccc(Br)cc1. The highest BCUT2D eigenvalue weighted by Gasteiger charge is 2.44. The van der Waals surface area contributed by atoms with E-state index in [-0.39, 0.29) is 22.8 Å². The second kappa shape index (κ2) is 11.9. The van der Waals surface area contributed by atoms with E-state index in [2.05, 4.69) is 50.1 Å². The average molecular weight is 699 g/mol. The number of hydrogen-bond donors (Lipinski definition) is 0. The molecule has 0 spiro atoms. The maximum absolute atomic E-state index is 14.0. The number of carbonyl (C=O) groups excluding carboxylic acids is 1. The Hall–Kier alpha value is -2.63. The number of hydrogen-bond acceptors (Lipinski definition) is 5. The molecule has 2 aliphatic heterocycles. The van der Waals surface area contributed by atoms with Gasteiger partial charge in [-0.3, -0.25) is 4.79 Å². The van der Waals surface area contributed by atoms with Crippen molar-refractivity contribution in [3.8, 4) is 0 Å². The lowest BCUT2D eigenvalue weighted by atomic mass is 9.77. The first-order chi connectivity index (χ1) is 19.8. The van der Waals surface area contributed by atoms with E-state index < -0.39 is 10.0 Å². The predicted octanol–water partition coefficient (Wildman–Crippen LogP) is 6.67. The van der Waals surface area contributed by atoms with Gasteiger partial charge < -0.3 is 4.74 Å². The predicted molar refractivity (Wildman–Crippen MR) is 166 cm³/mol. The molecule has 3 aliphatic rings. The van der Waals surface area contributed by atoms with Crippen LogP contribution in [0.4, 0.5) is 0 Å². The highest BCUT2D eigenvalue weighted by atomic mass is 79.9. The number of hydrazone groups is 1. The van der Waals surface area contributed by atoms with Gasteiger partial charge in [-0.05, 0) is 90.6 Å². The molecule has 1 amide bonds. The number of allylic oxidation sites excluding steroid dienone is 1. The van der Waals surface area contributed by atoms with Gasteiger partial charge in [0.25, 0.3) is 5.91 Å². The van der Waals surface area contributed by atoms with Crippen molar-refractivity contribution in [2.24, 2.45) is 11.0 Å². The van der Waals surface area contributed by atoms with Crippen molar-refractivity contribution >= 4 is 59.6 Å². The van der Waals surface area contributed by atoms with Crippen molar-refractivity contribution in [2.45, 2.75) is 30.2 Å². The molecule has 1 saturated carbocycles. The fourth-order valence-electron chi connectivity index (χ4n) is 5.76. The molecular weight excluding hydrogens is 670 g/mol. The maximum atomic E-state index is 14.0. The van der Waals surface area contributed by atoms with Crippen molar-refractivity contribution < 1.29 is 17.9 Å². The van der Waals surface area contributed by atoms with Gasteiger partial charge in [0.05, 0.1) is 29.9 Å². The summed E-state index contributed by atoms with van der Waals surface area (Å²) >= 11 is 7.03. The number of halogens is 2. The largest absolute Gasteiger partial charge is 0.379 e. The molecule has 1 aliphatic carbocycles. The van der Waals surface area contributed by atoms with Crippen molar-refractivity contribution in [1.29, 1.82) is 0 Å². The van der Waals surface area contributed by atoms with Gasteiger partial charge in [-0.25, -0.2) is 13.4 Å². The van der Waals surface area contributed by atoms with Crippen molar-refractivity contribution in [3.05, 3.63) is 104 Å². The molecule has 10 heteroatoms. The van der Waals surface area contributed by atoms with Crippen LogP contribution >= 0.6 is 31.9 Å². The van der Waals surface area contributed by atoms with Crippen LogP contribution in [-0.4, -0.2) is 55.7 Å². The Kier molecular flexibility index (Phi) is 8.29. The lowest BCUT2D eigenvalue weighted by molar-refractivity contribution is 0.0680. The highest BCUT2D eigenvalue weighted by Crippen LogP contribution is 2.45. The molecule has 3 aromatic rings. The third-order valence-corrected chi connectivity index (χ3v) is 10.8. The topological polar surface area (TPSA) is 79.3 Å². The smallest absolute Gasteiger partial charge is 0.274 e. The lowest BCUT2D eigenvalue weighted by Crippen LogP contribution is -2.40. The van der Waals surface area contributed by atoms with E-state index in [1.807, 2.05) is 36.4 Å². The van der Waals surface area contributed by atoms with Gasteiger partial charge in [-0.2, -0.15) is 9.41 Å². The molecular formula is C31H29Br2N3O4S. The van der Waals surface area contributed by atoms with E-state index in [9.17, 15) is 13.2 Å². The number of amides is 1. The second-order valence-electron chi connectivity index (χ2n) is 10.4. The average Bonchev–Trinajstić information content (AvgIpc) is 3.39. The third kappa shape index (κ3) is 5.85. The van der Waals surface area contributed by atoms with Crippen molar-refractivity contribution in [2.75, 3.05) is 26.3 Å². The fourth-order valence-corrected chi connectivity index (χ4v) is 7.70. The molecule has 2 heterocycles. The number of fused-ring (bicyclic) bond motifs is 1. The Morgan fingerprint density at radius 2 is 1.54 bits per heavy atom. The number of ether oxygens (including phenoxy) is 1. The Bertz CT molecular complexity index is 1600. The normalized spacial score (nSPS) is 22.4. The van der Waals surface area contributed by atoms with E-state index >= 15 is 0 Å². The summed E-state index contributed by atoms with van der Waals surface area (Å²) in [7, 11) is -3.65. The standard InChI is InChI=1S/C31H29Br2N3O4S/c32-25-10-4-21(5-11-25)20-24-2-1-3-28-29(24)34-36(30(28)22-6-12-26(33)13-7-22)31(37)23-8-14-27(15-9-23)41(38,39)35-16-18-40-19-17-35/h4-15,20,28,30H,1-3,16-19H2/b24-20+/t28-,30+/m0/s1. The van der Waals surface area contributed by atoms with Gasteiger partial charge in [-0.1, -0.05) is 56.1 Å². The molecule has 0 unspecified atom stereocenters. The minimum atomic E-state index is -3.65. The minimum absolute atomic E-state index is 0.0662. The zero-order chi connectivity index (χ0) is 28.6. The second-order valence-corrected chi connectivity index (χ2v) is 14.2. The fraction of sp³-hybridized carbons (Fsp3) is 0.290. The van der Waals surface area contributed by atoms with Gasteiger partial charge >= 0.3 is 0 Å². The molecule has 1 saturated heterocycles. The molecule has 6 rings (SSSR count). The number of sulfonamides is 1. The van der Waals surface area contributed by atoms with Crippen LogP contribution in [0.2, 0.25) is 0 Å². The van der Waals surface area contributed by atoms with Crippen LogP contribution in [0.3, 0.4) is 0 Å². The van der Waals surface area contributed by atoms with E-state index in [1.165, 1.54) is 16.4 Å². The number of benzene rings is 3. The zero-order valence-corrected chi connectivity index (χ0v) is 26.2. The minimum Gasteiger partial charge on any atom is -0.379 e. The monoisotopic (exact) mass is 697 g/mol. The summed E-state index contributed by atoms with van der Waals surface area (Å²) in [5, 5.41) is 6.58. The van der Waals surface area contributed by atoms with Crippen LogP contribution in [-0.2, 0) is 14.8 Å². The first kappa shape index (κ1) is 28.5. The van der Waals surface area contributed by atoms with Gasteiger partial charge in [0, 0.05) is 33.5 Å². The summed E-state index contributed by atoms with van der Waals surface area (Å²) < 4.78 is 34.9. The summed E-state index contributed by atoms with van der Waals surface area (Å²) in [6.45, 7) is 1.39. The van der Waals surface area contributed by atoms with Gasteiger partial charge in [-0.15, -0.1) is 0 Å². The molecule has 2 fully saturated rings. The van der Waals surface area contributed by atoms with Crippen LogP contribution in [0.5, 0.6) is 0 Å². The van der Waals surface area contributed by atoms with Crippen molar-refractivity contribution in [1.82, 2.24) is 9.31 Å². The summed E-state index contributed by atoms with van der Waals surface area (Å²) in [4.78, 5) is 14.2. The molecule has 41 heavy (non-hydrogen) atoms. The van der Waals surface area contributed by atoms with Gasteiger partial charge in [0.1, 0.15) is 0 Å². The summed E-state index contributed by atoms with van der Waals surface area (Å²) in [5.41, 5.74) is 4.60. The third-order valence-electron chi connectivity index (χ3n) is 7.84. The summed E-state index contributed by atoms with van der Waals surface area (Å²) in [6, 6.07) is 22.2. The van der Waals surface area contributed by atoms with E-state index in [4.69, 9.17) is 9.84 Å². The molecule has 0 aromatic heterocycles. The molecule has 0 N–H and O–H groups in total. The van der Waals surface area contributed by atoms with Gasteiger partial charge in [0.15, 0.2) is 0 Å². The van der Waals surface area contributed by atoms with E-state index in [0.29, 0.717) is 31.9 Å². The van der Waals surface area contributed by atoms with E-state index in [0.717, 1.165) is 50.6 Å². The highest BCUT2D eigenvalue weighted by molar-refractivity contribution is 9.10. The maximum Gasteiger partial charge on any atom is 0.274 e.